The maximum atomic E-state index is 5.13. The summed E-state index contributed by atoms with van der Waals surface area (Å²) in [5.41, 5.74) is 23.5. The maximum Gasteiger partial charge on any atom is 0.160 e. The van der Waals surface area contributed by atoms with Crippen LogP contribution in [0.1, 0.15) is 0 Å². The van der Waals surface area contributed by atoms with E-state index in [0.29, 0.717) is 5.82 Å². The highest BCUT2D eigenvalue weighted by atomic mass is 15.0. The van der Waals surface area contributed by atoms with Crippen molar-refractivity contribution in [1.82, 2.24) is 19.1 Å². The lowest BCUT2D eigenvalue weighted by atomic mass is 9.97. The Morgan fingerprint density at radius 3 is 0.925 bits per heavy atom. The van der Waals surface area contributed by atoms with Crippen molar-refractivity contribution in [3.8, 4) is 101 Å². The highest BCUT2D eigenvalue weighted by Gasteiger charge is 2.19. The van der Waals surface area contributed by atoms with Crippen molar-refractivity contribution in [2.24, 2.45) is 0 Å². The van der Waals surface area contributed by atoms with E-state index in [-0.39, 0.29) is 0 Å². The fourth-order valence-corrected chi connectivity index (χ4v) is 11.8. The lowest BCUT2D eigenvalue weighted by Gasteiger charge is -2.12. The van der Waals surface area contributed by atoms with Crippen molar-refractivity contribution in [3.63, 3.8) is 0 Å². The number of nitrogens with zero attached hydrogens (tertiary/aromatic N) is 4. The molecule has 4 heteroatoms. The van der Waals surface area contributed by atoms with Gasteiger partial charge in [-0.05, 0) is 147 Å². The Bertz CT molecular complexity index is 4720. The number of fused-ring (bicyclic) bond motifs is 6. The molecule has 0 aliphatic carbocycles. The highest BCUT2D eigenvalue weighted by Crippen LogP contribution is 2.41. The van der Waals surface area contributed by atoms with Crippen LogP contribution in [0.2, 0.25) is 0 Å². The molecule has 0 atom stereocenters. The first-order valence-electron chi connectivity index (χ1n) is 27.3. The Balaban J connectivity index is 0.802. The third-order valence-corrected chi connectivity index (χ3v) is 15.7. The Hall–Kier alpha value is -10.7. The van der Waals surface area contributed by atoms with Gasteiger partial charge in [0.05, 0.1) is 33.5 Å². The zero-order chi connectivity index (χ0) is 52.9. The van der Waals surface area contributed by atoms with E-state index in [1.54, 1.807) is 0 Å². The van der Waals surface area contributed by atoms with Crippen LogP contribution in [0.5, 0.6) is 0 Å². The second kappa shape index (κ2) is 19.7. The number of benzene rings is 12. The molecule has 0 spiro atoms. The average Bonchev–Trinajstić information content (AvgIpc) is 4.07. The van der Waals surface area contributed by atoms with Gasteiger partial charge in [-0.15, -0.1) is 0 Å². The summed E-state index contributed by atoms with van der Waals surface area (Å²) < 4.78 is 4.83. The molecule has 3 heterocycles. The summed E-state index contributed by atoms with van der Waals surface area (Å²) in [5, 5.41) is 4.88. The van der Waals surface area contributed by atoms with E-state index in [9.17, 15) is 0 Å². The molecule has 80 heavy (non-hydrogen) atoms. The van der Waals surface area contributed by atoms with Gasteiger partial charge in [0.1, 0.15) is 0 Å². The second-order valence-electron chi connectivity index (χ2n) is 20.6. The van der Waals surface area contributed by atoms with Crippen LogP contribution < -0.4 is 0 Å². The molecule has 0 saturated heterocycles. The molecule has 0 aliphatic rings. The first kappa shape index (κ1) is 46.6. The van der Waals surface area contributed by atoms with Gasteiger partial charge < -0.3 is 9.13 Å². The van der Waals surface area contributed by atoms with E-state index in [1.807, 2.05) is 24.3 Å². The summed E-state index contributed by atoms with van der Waals surface area (Å²) in [6, 6.07) is 109. The fraction of sp³-hybridized carbons (Fsp3) is 0. The quantitative estimate of drug-likeness (QED) is 0.137. The minimum atomic E-state index is 0.705. The van der Waals surface area contributed by atoms with Gasteiger partial charge in [0.25, 0.3) is 0 Å². The van der Waals surface area contributed by atoms with Crippen molar-refractivity contribution in [2.45, 2.75) is 0 Å². The molecule has 0 fully saturated rings. The van der Waals surface area contributed by atoms with Crippen molar-refractivity contribution in [3.05, 3.63) is 303 Å². The van der Waals surface area contributed by atoms with Gasteiger partial charge in [-0.2, -0.15) is 0 Å². The average molecular weight is 1020 g/mol. The van der Waals surface area contributed by atoms with Crippen molar-refractivity contribution in [2.75, 3.05) is 0 Å². The molecule has 0 N–H and O–H groups in total. The third-order valence-electron chi connectivity index (χ3n) is 15.7. The van der Waals surface area contributed by atoms with E-state index >= 15 is 0 Å². The van der Waals surface area contributed by atoms with E-state index in [0.717, 1.165) is 72.7 Å². The summed E-state index contributed by atoms with van der Waals surface area (Å²) >= 11 is 0. The van der Waals surface area contributed by atoms with Crippen LogP contribution in [0.3, 0.4) is 0 Å². The van der Waals surface area contributed by atoms with E-state index in [1.165, 1.54) is 66.0 Å². The van der Waals surface area contributed by atoms with Crippen LogP contribution in [0, 0.1) is 0 Å². The molecule has 4 nitrogen and oxygen atoms in total. The molecule has 0 amide bonds. The molecular weight excluding hydrogens is 969 g/mol. The topological polar surface area (TPSA) is 35.6 Å². The van der Waals surface area contributed by atoms with Gasteiger partial charge >= 0.3 is 0 Å². The predicted molar refractivity (Wildman–Crippen MR) is 334 cm³/mol. The summed E-state index contributed by atoms with van der Waals surface area (Å²) in [7, 11) is 0. The van der Waals surface area contributed by atoms with Crippen LogP contribution in [0.15, 0.2) is 303 Å². The first-order valence-corrected chi connectivity index (χ1v) is 27.3. The molecule has 12 aromatic carbocycles. The molecule has 0 bridgehead atoms. The largest absolute Gasteiger partial charge is 0.309 e. The lowest BCUT2D eigenvalue weighted by molar-refractivity contribution is 1.18. The zero-order valence-corrected chi connectivity index (χ0v) is 43.7. The predicted octanol–water partition coefficient (Wildman–Crippen LogP) is 20.0. The Kier molecular flexibility index (Phi) is 11.5. The minimum absolute atomic E-state index is 0.705. The molecule has 0 aliphatic heterocycles. The third kappa shape index (κ3) is 8.44. The Morgan fingerprint density at radius 1 is 0.188 bits per heavy atom. The molecule has 3 aromatic heterocycles. The lowest BCUT2D eigenvalue weighted by Crippen LogP contribution is -1.96. The van der Waals surface area contributed by atoms with Crippen molar-refractivity contribution in [1.29, 1.82) is 0 Å². The molecule has 374 valence electrons. The number of hydrogen-bond acceptors (Lipinski definition) is 2. The summed E-state index contributed by atoms with van der Waals surface area (Å²) in [4.78, 5) is 10.2. The maximum absolute atomic E-state index is 5.13. The Morgan fingerprint density at radius 2 is 0.475 bits per heavy atom. The SMILES string of the molecule is c1ccc(-c2ccc3c(c2)c2cc(-c4ccc5c(c4)c4cc(-c6ccccc6)ccc4n5-c4ccc(-c5cccc(-c6cccc(-c7cc(-c8ccccc8)nc(-c8ccccc8)n7)c6)c5)cc4)ccc2n3-c2ccccc2)cc1. The summed E-state index contributed by atoms with van der Waals surface area (Å²) in [5.74, 6) is 0.705. The van der Waals surface area contributed by atoms with Gasteiger partial charge in [-0.25, -0.2) is 9.97 Å². The van der Waals surface area contributed by atoms with Gasteiger partial charge in [0.2, 0.25) is 0 Å². The first-order chi connectivity index (χ1) is 39.6. The van der Waals surface area contributed by atoms with Crippen LogP contribution in [0.4, 0.5) is 0 Å². The van der Waals surface area contributed by atoms with Crippen LogP contribution >= 0.6 is 0 Å². The van der Waals surface area contributed by atoms with Crippen LogP contribution in [0.25, 0.3) is 145 Å². The normalized spacial score (nSPS) is 11.5. The molecule has 15 aromatic rings. The molecule has 15 rings (SSSR count). The standard InChI is InChI=1S/C76H50N4/c1-6-18-51(19-7-1)59-34-40-72-66(46-59)68-48-61(36-42-73(68)79(72)64-30-14-5-15-31-64)62-37-43-75-69(49-62)67-47-60(52-20-8-2-9-21-52)35-41-74(67)80(75)65-38-32-53(33-39-65)56-26-16-27-57(44-56)58-28-17-29-63(45-58)71-50-70(54-22-10-3-11-23-54)77-76(78-71)55-24-12-4-13-25-55/h1-50H. The van der Waals surface area contributed by atoms with E-state index < -0.39 is 0 Å². The molecule has 0 radical (unpaired) electrons. The van der Waals surface area contributed by atoms with Crippen molar-refractivity contribution >= 4 is 43.6 Å². The van der Waals surface area contributed by atoms with Crippen molar-refractivity contribution < 1.29 is 0 Å². The van der Waals surface area contributed by atoms with Crippen LogP contribution in [-0.2, 0) is 0 Å². The Labute approximate surface area is 464 Å². The number of para-hydroxylation sites is 1. The van der Waals surface area contributed by atoms with Gasteiger partial charge in [-0.1, -0.05) is 212 Å². The number of hydrogen-bond donors (Lipinski definition) is 0. The summed E-state index contributed by atoms with van der Waals surface area (Å²) in [6.07, 6.45) is 0. The molecule has 0 unspecified atom stereocenters. The molecule has 0 saturated carbocycles. The second-order valence-corrected chi connectivity index (χ2v) is 20.6. The monoisotopic (exact) mass is 1020 g/mol. The smallest absolute Gasteiger partial charge is 0.160 e. The zero-order valence-electron chi connectivity index (χ0n) is 43.7. The van der Waals surface area contributed by atoms with Crippen LogP contribution in [-0.4, -0.2) is 19.1 Å². The number of aromatic nitrogens is 4. The van der Waals surface area contributed by atoms with E-state index in [4.69, 9.17) is 9.97 Å². The number of rotatable bonds is 10. The minimum Gasteiger partial charge on any atom is -0.309 e. The highest BCUT2D eigenvalue weighted by molar-refractivity contribution is 6.14. The van der Waals surface area contributed by atoms with Gasteiger partial charge in [0, 0.05) is 49.6 Å². The van der Waals surface area contributed by atoms with Gasteiger partial charge in [0.15, 0.2) is 5.82 Å². The molecular formula is C76H50N4. The summed E-state index contributed by atoms with van der Waals surface area (Å²) in [6.45, 7) is 0. The van der Waals surface area contributed by atoms with Gasteiger partial charge in [-0.3, -0.25) is 0 Å². The van der Waals surface area contributed by atoms with E-state index in [2.05, 4.69) is 288 Å². The fourth-order valence-electron chi connectivity index (χ4n) is 11.8.